The Kier molecular flexibility index (Phi) is 3.82. The minimum absolute atomic E-state index is 0.135. The summed E-state index contributed by atoms with van der Waals surface area (Å²) in [6, 6.07) is 7.48. The zero-order valence-corrected chi connectivity index (χ0v) is 11.9. The van der Waals surface area contributed by atoms with Gasteiger partial charge >= 0.3 is 6.18 Å². The molecule has 1 aliphatic heterocycles. The molecule has 2 heterocycles. The van der Waals surface area contributed by atoms with Crippen LogP contribution in [0, 0.1) is 0 Å². The van der Waals surface area contributed by atoms with Crippen molar-refractivity contribution in [1.29, 1.82) is 0 Å². The lowest BCUT2D eigenvalue weighted by Crippen LogP contribution is -2.50. The first-order valence-corrected chi connectivity index (χ1v) is 7.08. The summed E-state index contributed by atoms with van der Waals surface area (Å²) in [5.74, 6) is -0.135. The van der Waals surface area contributed by atoms with Gasteiger partial charge < -0.3 is 9.88 Å². The van der Waals surface area contributed by atoms with Crippen molar-refractivity contribution in [3.63, 3.8) is 0 Å². The third kappa shape index (κ3) is 3.09. The highest BCUT2D eigenvalue weighted by atomic mass is 19.4. The number of nitrogens with one attached hydrogen (secondary N) is 1. The number of hydrogen-bond donors (Lipinski definition) is 1. The number of nitrogens with zero attached hydrogens (tertiary/aromatic N) is 2. The first kappa shape index (κ1) is 14.9. The first-order chi connectivity index (χ1) is 10.4. The summed E-state index contributed by atoms with van der Waals surface area (Å²) in [6.07, 6.45) is -2.53. The van der Waals surface area contributed by atoms with Gasteiger partial charge in [-0.15, -0.1) is 0 Å². The number of benzene rings is 1. The third-order valence-electron chi connectivity index (χ3n) is 3.88. The van der Waals surface area contributed by atoms with Gasteiger partial charge in [0.25, 0.3) is 5.91 Å². The molecule has 22 heavy (non-hydrogen) atoms. The van der Waals surface area contributed by atoms with Gasteiger partial charge in [0.2, 0.25) is 0 Å². The van der Waals surface area contributed by atoms with Gasteiger partial charge in [0, 0.05) is 43.3 Å². The number of carbonyl (C=O) groups is 1. The molecule has 0 bridgehead atoms. The minimum Gasteiger partial charge on any atom is -0.360 e. The molecule has 4 nitrogen and oxygen atoms in total. The monoisotopic (exact) mass is 311 g/mol. The predicted molar refractivity (Wildman–Crippen MR) is 76.7 cm³/mol. The van der Waals surface area contributed by atoms with Crippen LogP contribution in [0.2, 0.25) is 0 Å². The van der Waals surface area contributed by atoms with Crippen LogP contribution in [0.3, 0.4) is 0 Å². The van der Waals surface area contributed by atoms with Crippen molar-refractivity contribution < 1.29 is 18.0 Å². The average Bonchev–Trinajstić information content (AvgIpc) is 2.89. The number of alkyl halides is 3. The number of amides is 1. The minimum atomic E-state index is -4.19. The van der Waals surface area contributed by atoms with Gasteiger partial charge in [-0.1, -0.05) is 18.2 Å². The van der Waals surface area contributed by atoms with E-state index in [9.17, 15) is 18.0 Å². The Morgan fingerprint density at radius 1 is 1.14 bits per heavy atom. The van der Waals surface area contributed by atoms with E-state index in [-0.39, 0.29) is 19.0 Å². The molecule has 0 aliphatic carbocycles. The molecule has 1 fully saturated rings. The third-order valence-corrected chi connectivity index (χ3v) is 3.88. The standard InChI is InChI=1S/C15H16F3N3O/c16-15(17,18)10-20-5-7-21(8-6-20)14(22)12-9-19-13-4-2-1-3-11(12)13/h1-4,9,19H,5-8,10H2. The molecular weight excluding hydrogens is 295 g/mol. The van der Waals surface area contributed by atoms with Crippen molar-refractivity contribution >= 4 is 16.8 Å². The highest BCUT2D eigenvalue weighted by molar-refractivity contribution is 6.06. The van der Waals surface area contributed by atoms with Crippen molar-refractivity contribution in [2.45, 2.75) is 6.18 Å². The zero-order valence-electron chi connectivity index (χ0n) is 11.9. The molecule has 0 spiro atoms. The van der Waals surface area contributed by atoms with Gasteiger partial charge in [0.05, 0.1) is 12.1 Å². The fourth-order valence-corrected chi connectivity index (χ4v) is 2.78. The smallest absolute Gasteiger partial charge is 0.360 e. The van der Waals surface area contributed by atoms with Gasteiger partial charge in [-0.3, -0.25) is 9.69 Å². The number of rotatable bonds is 2. The largest absolute Gasteiger partial charge is 0.401 e. The van der Waals surface area contributed by atoms with E-state index in [1.165, 1.54) is 4.90 Å². The molecule has 1 amide bonds. The van der Waals surface area contributed by atoms with Crippen molar-refractivity contribution in [3.05, 3.63) is 36.0 Å². The Labute approximate surface area is 125 Å². The van der Waals surface area contributed by atoms with Crippen molar-refractivity contribution in [2.75, 3.05) is 32.7 Å². The summed E-state index contributed by atoms with van der Waals surface area (Å²) in [7, 11) is 0. The summed E-state index contributed by atoms with van der Waals surface area (Å²) in [5.41, 5.74) is 1.45. The fourth-order valence-electron chi connectivity index (χ4n) is 2.78. The van der Waals surface area contributed by atoms with Crippen LogP contribution in [-0.4, -0.2) is 59.6 Å². The molecule has 1 N–H and O–H groups in total. The molecular formula is C15H16F3N3O. The second-order valence-electron chi connectivity index (χ2n) is 5.43. The van der Waals surface area contributed by atoms with E-state index < -0.39 is 12.7 Å². The number of H-pyrrole nitrogens is 1. The molecule has 0 unspecified atom stereocenters. The van der Waals surface area contributed by atoms with E-state index in [2.05, 4.69) is 4.98 Å². The van der Waals surface area contributed by atoms with E-state index in [4.69, 9.17) is 0 Å². The second kappa shape index (κ2) is 5.64. The summed E-state index contributed by atoms with van der Waals surface area (Å²) in [6.45, 7) is 0.201. The Balaban J connectivity index is 1.67. The van der Waals surface area contributed by atoms with E-state index in [1.807, 2.05) is 24.3 Å². The van der Waals surface area contributed by atoms with Crippen LogP contribution in [0.4, 0.5) is 13.2 Å². The highest BCUT2D eigenvalue weighted by Crippen LogP contribution is 2.21. The Morgan fingerprint density at radius 3 is 2.50 bits per heavy atom. The molecule has 0 radical (unpaired) electrons. The fraction of sp³-hybridized carbons (Fsp3) is 0.400. The number of aromatic nitrogens is 1. The summed E-state index contributed by atoms with van der Waals surface area (Å²) in [4.78, 5) is 18.5. The van der Waals surface area contributed by atoms with E-state index >= 15 is 0 Å². The van der Waals surface area contributed by atoms with E-state index in [0.29, 0.717) is 18.7 Å². The molecule has 118 valence electrons. The lowest BCUT2D eigenvalue weighted by Gasteiger charge is -2.34. The summed E-state index contributed by atoms with van der Waals surface area (Å²) < 4.78 is 37.1. The van der Waals surface area contributed by atoms with Gasteiger partial charge in [0.1, 0.15) is 0 Å². The van der Waals surface area contributed by atoms with Crippen LogP contribution in [0.15, 0.2) is 30.5 Å². The maximum Gasteiger partial charge on any atom is 0.401 e. The molecule has 1 saturated heterocycles. The van der Waals surface area contributed by atoms with Crippen LogP contribution >= 0.6 is 0 Å². The quantitative estimate of drug-likeness (QED) is 0.925. The number of aromatic amines is 1. The lowest BCUT2D eigenvalue weighted by atomic mass is 10.1. The molecule has 1 aromatic carbocycles. The highest BCUT2D eigenvalue weighted by Gasteiger charge is 2.33. The molecule has 3 rings (SSSR count). The zero-order chi connectivity index (χ0) is 15.7. The summed E-state index contributed by atoms with van der Waals surface area (Å²) >= 11 is 0. The second-order valence-corrected chi connectivity index (χ2v) is 5.43. The summed E-state index contributed by atoms with van der Waals surface area (Å²) in [5, 5.41) is 0.838. The average molecular weight is 311 g/mol. The number of halogens is 3. The lowest BCUT2D eigenvalue weighted by molar-refractivity contribution is -0.148. The SMILES string of the molecule is O=C(c1c[nH]c2ccccc12)N1CCN(CC(F)(F)F)CC1. The van der Waals surface area contributed by atoms with Crippen molar-refractivity contribution in [3.8, 4) is 0 Å². The molecule has 7 heteroatoms. The van der Waals surface area contributed by atoms with Crippen LogP contribution in [-0.2, 0) is 0 Å². The van der Waals surface area contributed by atoms with Crippen molar-refractivity contribution in [1.82, 2.24) is 14.8 Å². The Morgan fingerprint density at radius 2 is 1.82 bits per heavy atom. The number of para-hydroxylation sites is 1. The molecule has 0 atom stereocenters. The maximum absolute atomic E-state index is 12.5. The van der Waals surface area contributed by atoms with E-state index in [1.54, 1.807) is 11.1 Å². The Bertz CT molecular complexity index is 672. The first-order valence-electron chi connectivity index (χ1n) is 7.08. The Hall–Kier alpha value is -2.02. The van der Waals surface area contributed by atoms with Crippen LogP contribution < -0.4 is 0 Å². The molecule has 1 aliphatic rings. The molecule has 0 saturated carbocycles. The number of carbonyl (C=O) groups excluding carboxylic acids is 1. The maximum atomic E-state index is 12.5. The number of piperazine rings is 1. The van der Waals surface area contributed by atoms with Gasteiger partial charge in [0.15, 0.2) is 0 Å². The van der Waals surface area contributed by atoms with Gasteiger partial charge in [-0.2, -0.15) is 13.2 Å². The topological polar surface area (TPSA) is 39.3 Å². The number of fused-ring (bicyclic) bond motifs is 1. The van der Waals surface area contributed by atoms with Crippen LogP contribution in [0.5, 0.6) is 0 Å². The van der Waals surface area contributed by atoms with E-state index in [0.717, 1.165) is 10.9 Å². The van der Waals surface area contributed by atoms with Gasteiger partial charge in [-0.05, 0) is 6.07 Å². The molecule has 1 aromatic heterocycles. The molecule has 2 aromatic rings. The predicted octanol–water partition coefficient (Wildman–Crippen LogP) is 2.49. The van der Waals surface area contributed by atoms with Gasteiger partial charge in [-0.25, -0.2) is 0 Å². The van der Waals surface area contributed by atoms with Crippen molar-refractivity contribution in [2.24, 2.45) is 0 Å². The normalized spacial score (nSPS) is 17.1. The van der Waals surface area contributed by atoms with Crippen LogP contribution in [0.25, 0.3) is 10.9 Å². The van der Waals surface area contributed by atoms with Crippen LogP contribution in [0.1, 0.15) is 10.4 Å². The number of hydrogen-bond acceptors (Lipinski definition) is 2.